The fourth-order valence-corrected chi connectivity index (χ4v) is 18.9. The fourth-order valence-electron chi connectivity index (χ4n) is 11.2. The monoisotopic (exact) mass is 414 g/mol. The van der Waals surface area contributed by atoms with Crippen LogP contribution in [0.25, 0.3) is 0 Å². The molecule has 0 aromatic heterocycles. The molecule has 0 atom stereocenters. The van der Waals surface area contributed by atoms with Crippen molar-refractivity contribution < 1.29 is 28.0 Å². The van der Waals surface area contributed by atoms with Crippen LogP contribution in [0, 0.1) is 57.6 Å². The molecule has 2 spiro atoms. The van der Waals surface area contributed by atoms with Crippen LogP contribution in [0.15, 0.2) is 0 Å². The summed E-state index contributed by atoms with van der Waals surface area (Å²) in [6.45, 7) is 0. The van der Waals surface area contributed by atoms with Gasteiger partial charge in [-0.15, -0.1) is 0 Å². The highest BCUT2D eigenvalue weighted by Crippen LogP contribution is 3.01. The van der Waals surface area contributed by atoms with Crippen LogP contribution in [0.4, 0.5) is 0 Å². The fraction of sp³-hybridized carbons (Fsp3) is 1.00. The van der Waals surface area contributed by atoms with E-state index in [0.29, 0.717) is 23.7 Å². The van der Waals surface area contributed by atoms with Gasteiger partial charge in [-0.1, -0.05) is 0 Å². The van der Waals surface area contributed by atoms with Gasteiger partial charge in [-0.3, -0.25) is 0 Å². The van der Waals surface area contributed by atoms with Crippen LogP contribution >= 0.6 is 10.3 Å². The van der Waals surface area contributed by atoms with E-state index in [0.717, 1.165) is 23.7 Å². The second-order valence-corrected chi connectivity index (χ2v) is 15.8. The van der Waals surface area contributed by atoms with Crippen molar-refractivity contribution in [3.05, 3.63) is 0 Å². The first-order chi connectivity index (χ1) is 12.8. The third-order valence-electron chi connectivity index (χ3n) is 10.8. The molecule has 9 aliphatic rings. The van der Waals surface area contributed by atoms with Crippen LogP contribution in [-0.2, 0) is 3.74 Å². The number of rotatable bonds is 2. The molecule has 0 aromatic rings. The Balaban J connectivity index is 1.41. The summed E-state index contributed by atoms with van der Waals surface area (Å²) in [5, 5.41) is 0. The van der Waals surface area contributed by atoms with E-state index in [2.05, 4.69) is 6.26 Å². The Morgan fingerprint density at radius 2 is 0.926 bits per heavy atom. The van der Waals surface area contributed by atoms with Crippen molar-refractivity contribution in [2.24, 2.45) is 47.3 Å². The Morgan fingerprint density at radius 1 is 0.630 bits per heavy atom. The van der Waals surface area contributed by atoms with Crippen LogP contribution in [0.1, 0.15) is 64.2 Å². The van der Waals surface area contributed by atoms with Gasteiger partial charge in [-0.25, -0.2) is 0 Å². The molecular weight excluding hydrogens is 384 g/mol. The molecule has 8 saturated carbocycles. The summed E-state index contributed by atoms with van der Waals surface area (Å²) in [5.41, 5.74) is 0. The van der Waals surface area contributed by atoms with Gasteiger partial charge in [-0.2, -0.15) is 14.0 Å². The van der Waals surface area contributed by atoms with Crippen LogP contribution in [0.3, 0.4) is 0 Å². The predicted molar refractivity (Wildman–Crippen MR) is 94.2 cm³/mol. The zero-order chi connectivity index (χ0) is 18.4. The molecule has 0 radical (unpaired) electrons. The second kappa shape index (κ2) is 4.86. The van der Waals surface area contributed by atoms with Crippen LogP contribution in [0.2, 0.25) is 0 Å². The van der Waals surface area contributed by atoms with Crippen molar-refractivity contribution in [2.75, 3.05) is 6.26 Å². The predicted octanol–water partition coefficient (Wildman–Crippen LogP) is 1.65. The van der Waals surface area contributed by atoms with Crippen molar-refractivity contribution >= 4 is 10.3 Å². The normalized spacial score (nSPS) is 67.3. The van der Waals surface area contributed by atoms with Crippen molar-refractivity contribution in [1.82, 2.24) is 0 Å². The van der Waals surface area contributed by atoms with Crippen LogP contribution < -0.4 is 14.0 Å². The standard InChI is InChI=1S/C21H31ClO4S/c1-27(26-22(23,24)25)20(16-4-12-2-13(6-16)7-17(20)5-12)21(27)18-8-14-3-15(10-18)11-19(21)9-14/h12-19H,2-11H2,1H3. The lowest BCUT2D eigenvalue weighted by molar-refractivity contribution is -1.91. The lowest BCUT2D eigenvalue weighted by atomic mass is 9.42. The molecule has 0 N–H and O–H groups in total. The van der Waals surface area contributed by atoms with E-state index in [4.69, 9.17) is 3.74 Å². The van der Waals surface area contributed by atoms with E-state index >= 15 is 0 Å². The molecule has 8 bridgehead atoms. The molecule has 9 rings (SSSR count). The Hall–Kier alpha value is 0.480. The van der Waals surface area contributed by atoms with Gasteiger partial charge in [0.05, 0.1) is 19.7 Å². The van der Waals surface area contributed by atoms with Crippen molar-refractivity contribution in [1.29, 1.82) is 0 Å². The lowest BCUT2D eigenvalue weighted by Crippen LogP contribution is -2.61. The Bertz CT molecular complexity index is 599. The van der Waals surface area contributed by atoms with Crippen LogP contribution in [-0.4, -0.2) is 15.7 Å². The number of hydrogen-bond acceptors (Lipinski definition) is 4. The minimum absolute atomic E-state index is 0.0561. The van der Waals surface area contributed by atoms with Crippen molar-refractivity contribution in [2.45, 2.75) is 73.7 Å². The molecule has 1 saturated heterocycles. The quantitative estimate of drug-likeness (QED) is 0.643. The highest BCUT2D eigenvalue weighted by molar-refractivity contribution is 8.38. The second-order valence-electron chi connectivity index (χ2n) is 11.5. The van der Waals surface area contributed by atoms with E-state index in [1.54, 1.807) is 0 Å². The molecule has 6 heteroatoms. The summed E-state index contributed by atoms with van der Waals surface area (Å²) in [4.78, 5) is 0. The zero-order valence-corrected chi connectivity index (χ0v) is 17.7. The van der Waals surface area contributed by atoms with E-state index in [1.165, 1.54) is 64.2 Å². The molecular formula is C21H31ClO4S. The molecule has 9 fully saturated rings. The highest BCUT2D eigenvalue weighted by atomic mass is 35.7. The maximum Gasteiger partial charge on any atom is 0.122 e. The number of halogens is 1. The van der Waals surface area contributed by atoms with E-state index in [1.807, 2.05) is 0 Å². The van der Waals surface area contributed by atoms with Gasteiger partial charge in [0.2, 0.25) is 0 Å². The van der Waals surface area contributed by atoms with Gasteiger partial charge in [-0.05, 0) is 112 Å². The molecule has 152 valence electrons. The SMILES string of the molecule is CS1(O[Cl+3]([O-])([O-])[O-])C2(C3CC4CC(C3)CC2C4)C12C1CC3CC(C1)CC2C3. The minimum atomic E-state index is -4.34. The third kappa shape index (κ3) is 1.74. The Labute approximate surface area is 165 Å². The summed E-state index contributed by atoms with van der Waals surface area (Å²) >= 11 is 0. The summed E-state index contributed by atoms with van der Waals surface area (Å²) < 4.78 is 41.7. The maximum absolute atomic E-state index is 11.9. The average molecular weight is 415 g/mol. The molecule has 27 heavy (non-hydrogen) atoms. The Morgan fingerprint density at radius 3 is 1.19 bits per heavy atom. The maximum atomic E-state index is 11.9. The van der Waals surface area contributed by atoms with Gasteiger partial charge in [0, 0.05) is 16.6 Å². The summed E-state index contributed by atoms with van der Waals surface area (Å²) in [7, 11) is -6.23. The minimum Gasteiger partial charge on any atom is -0.182 e. The van der Waals surface area contributed by atoms with Gasteiger partial charge >= 0.3 is 0 Å². The molecule has 1 heterocycles. The molecule has 8 aliphatic carbocycles. The molecule has 1 aliphatic heterocycles. The smallest absolute Gasteiger partial charge is 0.122 e. The van der Waals surface area contributed by atoms with Crippen LogP contribution in [0.5, 0.6) is 0 Å². The van der Waals surface area contributed by atoms with E-state index in [9.17, 15) is 14.0 Å². The van der Waals surface area contributed by atoms with Gasteiger partial charge in [0.15, 0.2) is 0 Å². The molecule has 4 nitrogen and oxygen atoms in total. The van der Waals surface area contributed by atoms with Gasteiger partial charge in [0.1, 0.15) is 3.74 Å². The molecule has 0 aromatic carbocycles. The van der Waals surface area contributed by atoms with Crippen molar-refractivity contribution in [3.8, 4) is 0 Å². The van der Waals surface area contributed by atoms with Gasteiger partial charge in [0.25, 0.3) is 0 Å². The van der Waals surface area contributed by atoms with E-state index in [-0.39, 0.29) is 9.49 Å². The van der Waals surface area contributed by atoms with Crippen molar-refractivity contribution in [3.63, 3.8) is 0 Å². The third-order valence-corrected chi connectivity index (χ3v) is 16.8. The topological polar surface area (TPSA) is 78.4 Å². The first-order valence-electron chi connectivity index (χ1n) is 11.2. The number of hydrogen-bond donors (Lipinski definition) is 0. The zero-order valence-electron chi connectivity index (χ0n) is 16.1. The summed E-state index contributed by atoms with van der Waals surface area (Å²) in [6.07, 6.45) is 15.2. The molecule has 0 unspecified atom stereocenters. The molecule has 0 amide bonds. The first kappa shape index (κ1) is 17.2. The van der Waals surface area contributed by atoms with E-state index < -0.39 is 20.6 Å². The Kier molecular flexibility index (Phi) is 3.09. The summed E-state index contributed by atoms with van der Waals surface area (Å²) in [5.74, 6) is 5.95. The highest BCUT2D eigenvalue weighted by Gasteiger charge is 2.97. The average Bonchev–Trinajstić information content (AvgIpc) is 3.01. The first-order valence-corrected chi connectivity index (χ1v) is 14.4. The summed E-state index contributed by atoms with van der Waals surface area (Å²) in [6, 6.07) is 0. The lowest BCUT2D eigenvalue weighted by Gasteiger charge is -2.61. The van der Waals surface area contributed by atoms with Gasteiger partial charge < -0.3 is 0 Å². The largest absolute Gasteiger partial charge is 0.182 e.